The van der Waals surface area contributed by atoms with Gasteiger partial charge in [0.15, 0.2) is 23.1 Å². The van der Waals surface area contributed by atoms with Crippen LogP contribution in [-0.4, -0.2) is 25.8 Å². The monoisotopic (exact) mass is 329 g/mol. The van der Waals surface area contributed by atoms with Crippen molar-refractivity contribution < 1.29 is 19.1 Å². The lowest BCUT2D eigenvalue weighted by molar-refractivity contribution is -0.114. The van der Waals surface area contributed by atoms with Crippen molar-refractivity contribution in [2.75, 3.05) is 14.2 Å². The molecule has 1 N–H and O–H groups in total. The first kappa shape index (κ1) is 17.8. The summed E-state index contributed by atoms with van der Waals surface area (Å²) in [7, 11) is 3.13. The Hall–Kier alpha value is -2.56. The average molecular weight is 329 g/mol. The molecule has 0 saturated heterocycles. The summed E-state index contributed by atoms with van der Waals surface area (Å²) in [5, 5.41) is 3.15. The molecule has 0 atom stereocenters. The van der Waals surface area contributed by atoms with Gasteiger partial charge in [0.05, 0.1) is 14.2 Å². The van der Waals surface area contributed by atoms with E-state index in [1.54, 1.807) is 20.3 Å². The maximum Gasteiger partial charge on any atom is 0.161 e. The number of Topliss-reactive ketones (excluding diaryl/α,β-unsaturated/α-hetero) is 2. The SMILES string of the molecule is COc1ccc(C2C(C(C)=O)=C(C)NC(C)=C2C(C)=O)cc1OC. The first-order valence-electron chi connectivity index (χ1n) is 7.74. The van der Waals surface area contributed by atoms with Crippen LogP contribution in [0.3, 0.4) is 0 Å². The molecule has 5 heteroatoms. The summed E-state index contributed by atoms with van der Waals surface area (Å²) in [5.41, 5.74) is 3.55. The molecule has 24 heavy (non-hydrogen) atoms. The number of rotatable bonds is 5. The number of benzene rings is 1. The third-order valence-corrected chi connectivity index (χ3v) is 4.26. The predicted molar refractivity (Wildman–Crippen MR) is 92.2 cm³/mol. The Balaban J connectivity index is 2.71. The van der Waals surface area contributed by atoms with Crippen molar-refractivity contribution in [3.63, 3.8) is 0 Å². The Bertz CT molecular complexity index is 723. The molecule has 0 bridgehead atoms. The number of dihydropyridines is 1. The van der Waals surface area contributed by atoms with Gasteiger partial charge in [-0.1, -0.05) is 6.07 Å². The van der Waals surface area contributed by atoms with E-state index < -0.39 is 5.92 Å². The van der Waals surface area contributed by atoms with Crippen LogP contribution in [0.1, 0.15) is 39.2 Å². The molecular weight excluding hydrogens is 306 g/mol. The zero-order valence-corrected chi connectivity index (χ0v) is 14.9. The van der Waals surface area contributed by atoms with E-state index in [0.717, 1.165) is 17.0 Å². The molecule has 0 radical (unpaired) electrons. The fourth-order valence-electron chi connectivity index (χ4n) is 3.29. The minimum atomic E-state index is -0.416. The summed E-state index contributed by atoms with van der Waals surface area (Å²) in [5.74, 6) is 0.623. The number of methoxy groups -OCH3 is 2. The van der Waals surface area contributed by atoms with Gasteiger partial charge in [-0.05, 0) is 45.4 Å². The molecule has 0 aliphatic carbocycles. The summed E-state index contributed by atoms with van der Waals surface area (Å²) in [6.07, 6.45) is 0. The Kier molecular flexibility index (Phi) is 5.12. The third kappa shape index (κ3) is 3.07. The van der Waals surface area contributed by atoms with Gasteiger partial charge >= 0.3 is 0 Å². The minimum Gasteiger partial charge on any atom is -0.493 e. The third-order valence-electron chi connectivity index (χ3n) is 4.26. The summed E-state index contributed by atoms with van der Waals surface area (Å²) in [6, 6.07) is 5.47. The van der Waals surface area contributed by atoms with Crippen molar-refractivity contribution in [2.24, 2.45) is 0 Å². The van der Waals surface area contributed by atoms with Gasteiger partial charge in [-0.2, -0.15) is 0 Å². The van der Waals surface area contributed by atoms with Gasteiger partial charge in [0, 0.05) is 28.5 Å². The topological polar surface area (TPSA) is 64.6 Å². The molecule has 0 unspecified atom stereocenters. The zero-order valence-electron chi connectivity index (χ0n) is 14.9. The normalized spacial score (nSPS) is 15.2. The number of nitrogens with one attached hydrogen (secondary N) is 1. The van der Waals surface area contributed by atoms with Crippen LogP contribution in [0.4, 0.5) is 0 Å². The highest BCUT2D eigenvalue weighted by molar-refractivity contribution is 6.03. The zero-order chi connectivity index (χ0) is 18.0. The molecule has 1 aliphatic heterocycles. The molecule has 128 valence electrons. The van der Waals surface area contributed by atoms with Crippen LogP contribution in [0.15, 0.2) is 40.7 Å². The number of allylic oxidation sites excluding steroid dienone is 4. The molecule has 1 aromatic carbocycles. The summed E-state index contributed by atoms with van der Waals surface area (Å²) in [6.45, 7) is 6.75. The summed E-state index contributed by atoms with van der Waals surface area (Å²) in [4.78, 5) is 24.5. The van der Waals surface area contributed by atoms with Crippen molar-refractivity contribution in [1.82, 2.24) is 5.32 Å². The van der Waals surface area contributed by atoms with Gasteiger partial charge in [-0.15, -0.1) is 0 Å². The summed E-state index contributed by atoms with van der Waals surface area (Å²) >= 11 is 0. The van der Waals surface area contributed by atoms with Crippen molar-refractivity contribution in [3.8, 4) is 11.5 Å². The highest BCUT2D eigenvalue weighted by Gasteiger charge is 2.33. The van der Waals surface area contributed by atoms with Crippen LogP contribution in [-0.2, 0) is 9.59 Å². The first-order valence-corrected chi connectivity index (χ1v) is 7.74. The lowest BCUT2D eigenvalue weighted by Gasteiger charge is -2.30. The summed E-state index contributed by atoms with van der Waals surface area (Å²) < 4.78 is 10.6. The van der Waals surface area contributed by atoms with Gasteiger partial charge < -0.3 is 14.8 Å². The first-order chi connectivity index (χ1) is 11.3. The second-order valence-electron chi connectivity index (χ2n) is 5.86. The van der Waals surface area contributed by atoms with E-state index in [9.17, 15) is 9.59 Å². The van der Waals surface area contributed by atoms with Crippen LogP contribution in [0, 0.1) is 0 Å². The Morgan fingerprint density at radius 3 is 1.83 bits per heavy atom. The molecule has 0 amide bonds. The average Bonchev–Trinajstić information content (AvgIpc) is 2.52. The van der Waals surface area contributed by atoms with E-state index in [-0.39, 0.29) is 11.6 Å². The molecule has 1 aliphatic rings. The van der Waals surface area contributed by atoms with E-state index in [4.69, 9.17) is 9.47 Å². The van der Waals surface area contributed by atoms with E-state index in [2.05, 4.69) is 5.32 Å². The molecular formula is C19H23NO4. The number of hydrogen-bond donors (Lipinski definition) is 1. The van der Waals surface area contributed by atoms with Crippen molar-refractivity contribution in [2.45, 2.75) is 33.6 Å². The fourth-order valence-corrected chi connectivity index (χ4v) is 3.29. The van der Waals surface area contributed by atoms with Gasteiger partial charge in [0.25, 0.3) is 0 Å². The second kappa shape index (κ2) is 6.91. The number of hydrogen-bond acceptors (Lipinski definition) is 5. The predicted octanol–water partition coefficient (Wildman–Crippen LogP) is 3.12. The minimum absolute atomic E-state index is 0.0639. The van der Waals surface area contributed by atoms with Gasteiger partial charge in [0.2, 0.25) is 0 Å². The van der Waals surface area contributed by atoms with E-state index in [1.165, 1.54) is 13.8 Å². The van der Waals surface area contributed by atoms with E-state index in [1.807, 2.05) is 26.0 Å². The van der Waals surface area contributed by atoms with Crippen molar-refractivity contribution in [3.05, 3.63) is 46.3 Å². The molecule has 0 saturated carbocycles. The Morgan fingerprint density at radius 1 is 0.917 bits per heavy atom. The number of ether oxygens (including phenoxy) is 2. The van der Waals surface area contributed by atoms with E-state index in [0.29, 0.717) is 22.6 Å². The number of carbonyl (C=O) groups is 2. The van der Waals surface area contributed by atoms with Crippen LogP contribution < -0.4 is 14.8 Å². The quantitative estimate of drug-likeness (QED) is 0.899. The maximum atomic E-state index is 12.3. The molecule has 0 aromatic heterocycles. The largest absolute Gasteiger partial charge is 0.493 e. The number of ketones is 2. The molecule has 0 spiro atoms. The van der Waals surface area contributed by atoms with Crippen LogP contribution in [0.2, 0.25) is 0 Å². The van der Waals surface area contributed by atoms with Crippen LogP contribution in [0.25, 0.3) is 0 Å². The fraction of sp³-hybridized carbons (Fsp3) is 0.368. The molecule has 1 heterocycles. The smallest absolute Gasteiger partial charge is 0.161 e. The van der Waals surface area contributed by atoms with Crippen LogP contribution in [0.5, 0.6) is 11.5 Å². The van der Waals surface area contributed by atoms with Gasteiger partial charge in [0.1, 0.15) is 0 Å². The lowest BCUT2D eigenvalue weighted by Crippen LogP contribution is -2.29. The molecule has 1 aromatic rings. The molecule has 0 fully saturated rings. The van der Waals surface area contributed by atoms with Gasteiger partial charge in [-0.3, -0.25) is 9.59 Å². The highest BCUT2D eigenvalue weighted by Crippen LogP contribution is 2.41. The molecule has 2 rings (SSSR count). The second-order valence-corrected chi connectivity index (χ2v) is 5.86. The van der Waals surface area contributed by atoms with Crippen LogP contribution >= 0.6 is 0 Å². The standard InChI is InChI=1S/C19H23NO4/c1-10-17(12(3)21)19(18(13(4)22)11(2)20-10)14-7-8-15(23-5)16(9-14)24-6/h7-9,19-20H,1-6H3. The lowest BCUT2D eigenvalue weighted by atomic mass is 9.77. The Labute approximate surface area is 142 Å². The van der Waals surface area contributed by atoms with E-state index >= 15 is 0 Å². The van der Waals surface area contributed by atoms with Crippen molar-refractivity contribution in [1.29, 1.82) is 0 Å². The Morgan fingerprint density at radius 2 is 1.42 bits per heavy atom. The molecule has 5 nitrogen and oxygen atoms in total. The number of carbonyl (C=O) groups excluding carboxylic acids is 2. The maximum absolute atomic E-state index is 12.3. The van der Waals surface area contributed by atoms with Gasteiger partial charge in [-0.25, -0.2) is 0 Å². The highest BCUT2D eigenvalue weighted by atomic mass is 16.5. The van der Waals surface area contributed by atoms with Crippen molar-refractivity contribution >= 4 is 11.6 Å².